The minimum Gasteiger partial charge on any atom is -0.438 e. The number of halogens is 1. The molecule has 0 unspecified atom stereocenters. The van der Waals surface area contributed by atoms with Gasteiger partial charge < -0.3 is 4.74 Å². The molecule has 1 aromatic carbocycles. The van der Waals surface area contributed by atoms with Crippen molar-refractivity contribution in [2.24, 2.45) is 0 Å². The van der Waals surface area contributed by atoms with Gasteiger partial charge in [-0.15, -0.1) is 0 Å². The van der Waals surface area contributed by atoms with Gasteiger partial charge in [-0.1, -0.05) is 17.7 Å². The average Bonchev–Trinajstić information content (AvgIpc) is 3.11. The van der Waals surface area contributed by atoms with Gasteiger partial charge in [0.25, 0.3) is 5.78 Å². The Labute approximate surface area is 126 Å². The summed E-state index contributed by atoms with van der Waals surface area (Å²) >= 11 is 6.14. The van der Waals surface area contributed by atoms with Gasteiger partial charge in [0.15, 0.2) is 0 Å². The normalized spacial score (nSPS) is 13.6. The molecular weight excluding hydrogens is 288 g/mol. The van der Waals surface area contributed by atoms with E-state index in [9.17, 15) is 0 Å². The van der Waals surface area contributed by atoms with Crippen LogP contribution in [0.15, 0.2) is 24.5 Å². The molecule has 0 amide bonds. The molecule has 106 valence electrons. The second-order valence-electron chi connectivity index (χ2n) is 5.19. The van der Waals surface area contributed by atoms with Crippen molar-refractivity contribution in [2.45, 2.75) is 26.2 Å². The first-order chi connectivity index (χ1) is 10.2. The van der Waals surface area contributed by atoms with Crippen molar-refractivity contribution in [2.75, 3.05) is 0 Å². The summed E-state index contributed by atoms with van der Waals surface area (Å²) in [6.45, 7) is 1.86. The summed E-state index contributed by atoms with van der Waals surface area (Å²) in [5.41, 5.74) is 3.52. The molecule has 6 heteroatoms. The summed E-state index contributed by atoms with van der Waals surface area (Å²) in [4.78, 5) is 8.23. The maximum Gasteiger partial charge on any atom is 0.256 e. The van der Waals surface area contributed by atoms with Crippen molar-refractivity contribution in [3.63, 3.8) is 0 Å². The lowest BCUT2D eigenvalue weighted by Crippen LogP contribution is -2.01. The molecule has 0 saturated heterocycles. The zero-order valence-corrected chi connectivity index (χ0v) is 12.3. The van der Waals surface area contributed by atoms with Gasteiger partial charge in [0.1, 0.15) is 17.2 Å². The molecule has 0 aliphatic heterocycles. The van der Waals surface area contributed by atoms with Gasteiger partial charge in [-0.2, -0.15) is 19.6 Å². The third kappa shape index (κ3) is 2.05. The summed E-state index contributed by atoms with van der Waals surface area (Å²) < 4.78 is 7.59. The maximum atomic E-state index is 6.14. The topological polar surface area (TPSA) is 52.3 Å². The molecule has 0 atom stereocenters. The van der Waals surface area contributed by atoms with Crippen LogP contribution in [0.4, 0.5) is 0 Å². The predicted molar refractivity (Wildman–Crippen MR) is 79.1 cm³/mol. The molecule has 1 aliphatic carbocycles. The molecule has 0 fully saturated rings. The summed E-state index contributed by atoms with van der Waals surface area (Å²) in [5, 5.41) is 4.53. The van der Waals surface area contributed by atoms with Gasteiger partial charge in [0, 0.05) is 5.56 Å². The van der Waals surface area contributed by atoms with Crippen LogP contribution in [0.2, 0.25) is 5.15 Å². The number of rotatable bonds is 2. The number of ether oxygens (including phenoxy) is 1. The lowest BCUT2D eigenvalue weighted by molar-refractivity contribution is 0.441. The summed E-state index contributed by atoms with van der Waals surface area (Å²) in [7, 11) is 0. The van der Waals surface area contributed by atoms with E-state index in [4.69, 9.17) is 16.3 Å². The largest absolute Gasteiger partial charge is 0.438 e. The quantitative estimate of drug-likeness (QED) is 0.681. The van der Waals surface area contributed by atoms with Crippen molar-refractivity contribution in [3.8, 4) is 11.6 Å². The van der Waals surface area contributed by atoms with Crippen molar-refractivity contribution >= 4 is 17.4 Å². The van der Waals surface area contributed by atoms with E-state index in [1.165, 1.54) is 23.9 Å². The number of aromatic nitrogens is 4. The Morgan fingerprint density at radius 2 is 2.10 bits per heavy atom. The fourth-order valence-electron chi connectivity index (χ4n) is 2.72. The van der Waals surface area contributed by atoms with E-state index in [0.29, 0.717) is 16.8 Å². The molecule has 2 aromatic heterocycles. The van der Waals surface area contributed by atoms with Crippen LogP contribution in [0, 0.1) is 6.92 Å². The van der Waals surface area contributed by atoms with E-state index in [2.05, 4.69) is 27.2 Å². The average molecular weight is 301 g/mol. The fourth-order valence-corrected chi connectivity index (χ4v) is 2.87. The van der Waals surface area contributed by atoms with Gasteiger partial charge in [0.05, 0.1) is 0 Å². The Bertz CT molecular complexity index is 843. The minimum atomic E-state index is 0.381. The molecule has 1 aliphatic rings. The zero-order chi connectivity index (χ0) is 14.4. The molecular formula is C15H13ClN4O. The molecule has 2 heterocycles. The second-order valence-corrected chi connectivity index (χ2v) is 5.55. The van der Waals surface area contributed by atoms with Crippen LogP contribution >= 0.6 is 11.6 Å². The summed E-state index contributed by atoms with van der Waals surface area (Å²) in [6.07, 6.45) is 4.92. The van der Waals surface area contributed by atoms with Gasteiger partial charge in [-0.3, -0.25) is 0 Å². The molecule has 0 saturated carbocycles. The number of fused-ring (bicyclic) bond motifs is 2. The SMILES string of the molecule is Cc1c(Cl)nc2ncnn2c1Oc1ccc2c(c1)CCC2. The first-order valence-corrected chi connectivity index (χ1v) is 7.25. The monoisotopic (exact) mass is 300 g/mol. The van der Waals surface area contributed by atoms with Crippen LogP contribution < -0.4 is 4.74 Å². The van der Waals surface area contributed by atoms with Crippen molar-refractivity contribution < 1.29 is 4.74 Å². The standard InChI is InChI=1S/C15H13ClN4O/c1-9-13(16)19-15-17-8-18-20(15)14(9)21-12-6-5-10-3-2-4-11(10)7-12/h5-8H,2-4H2,1H3. The van der Waals surface area contributed by atoms with Crippen molar-refractivity contribution in [1.29, 1.82) is 0 Å². The molecule has 3 aromatic rings. The molecule has 0 spiro atoms. The van der Waals surface area contributed by atoms with Crippen LogP contribution in [0.3, 0.4) is 0 Å². The van der Waals surface area contributed by atoms with Crippen molar-refractivity contribution in [1.82, 2.24) is 19.6 Å². The number of hydrogen-bond acceptors (Lipinski definition) is 4. The second kappa shape index (κ2) is 4.70. The highest BCUT2D eigenvalue weighted by molar-refractivity contribution is 6.30. The van der Waals surface area contributed by atoms with Gasteiger partial charge in [-0.05, 0) is 49.4 Å². The molecule has 0 bridgehead atoms. The van der Waals surface area contributed by atoms with Crippen molar-refractivity contribution in [3.05, 3.63) is 46.4 Å². The van der Waals surface area contributed by atoms with Gasteiger partial charge in [-0.25, -0.2) is 0 Å². The Morgan fingerprint density at radius 1 is 1.24 bits per heavy atom. The Morgan fingerprint density at radius 3 is 3.00 bits per heavy atom. The Balaban J connectivity index is 1.80. The first kappa shape index (κ1) is 12.6. The first-order valence-electron chi connectivity index (χ1n) is 6.88. The molecule has 5 nitrogen and oxygen atoms in total. The number of benzene rings is 1. The van der Waals surface area contributed by atoms with Crippen LogP contribution in [0.25, 0.3) is 5.78 Å². The lowest BCUT2D eigenvalue weighted by atomic mass is 10.1. The van der Waals surface area contributed by atoms with E-state index < -0.39 is 0 Å². The number of aryl methyl sites for hydroxylation is 2. The predicted octanol–water partition coefficient (Wildman–Crippen LogP) is 3.37. The van der Waals surface area contributed by atoms with Crippen LogP contribution in [0.1, 0.15) is 23.1 Å². The molecule has 0 radical (unpaired) electrons. The third-order valence-corrected chi connectivity index (χ3v) is 4.20. The third-order valence-electron chi connectivity index (χ3n) is 3.84. The van der Waals surface area contributed by atoms with Crippen LogP contribution in [-0.2, 0) is 12.8 Å². The summed E-state index contributed by atoms with van der Waals surface area (Å²) in [5.74, 6) is 1.78. The lowest BCUT2D eigenvalue weighted by Gasteiger charge is -2.11. The fraction of sp³-hybridized carbons (Fsp3) is 0.267. The van der Waals surface area contributed by atoms with Gasteiger partial charge in [0.2, 0.25) is 5.88 Å². The van der Waals surface area contributed by atoms with Gasteiger partial charge >= 0.3 is 0 Å². The molecule has 0 N–H and O–H groups in total. The number of hydrogen-bond donors (Lipinski definition) is 0. The van der Waals surface area contributed by atoms with Crippen LogP contribution in [-0.4, -0.2) is 19.6 Å². The van der Waals surface area contributed by atoms with Crippen LogP contribution in [0.5, 0.6) is 11.6 Å². The van der Waals surface area contributed by atoms with E-state index in [0.717, 1.165) is 24.2 Å². The minimum absolute atomic E-state index is 0.381. The highest BCUT2D eigenvalue weighted by Crippen LogP contribution is 2.31. The highest BCUT2D eigenvalue weighted by Gasteiger charge is 2.16. The van der Waals surface area contributed by atoms with E-state index in [-0.39, 0.29) is 0 Å². The van der Waals surface area contributed by atoms with E-state index >= 15 is 0 Å². The Hall–Kier alpha value is -2.14. The highest BCUT2D eigenvalue weighted by atomic mass is 35.5. The molecule has 21 heavy (non-hydrogen) atoms. The zero-order valence-electron chi connectivity index (χ0n) is 11.5. The Kier molecular flexibility index (Phi) is 2.82. The number of nitrogens with zero attached hydrogens (tertiary/aromatic N) is 4. The smallest absolute Gasteiger partial charge is 0.256 e. The maximum absolute atomic E-state index is 6.14. The summed E-state index contributed by atoms with van der Waals surface area (Å²) in [6, 6.07) is 6.22. The van der Waals surface area contributed by atoms with E-state index in [1.54, 1.807) is 4.52 Å². The van der Waals surface area contributed by atoms with E-state index in [1.807, 2.05) is 13.0 Å². The molecule has 4 rings (SSSR count).